The Labute approximate surface area is 116 Å². The molecule has 0 radical (unpaired) electrons. The van der Waals surface area contributed by atoms with Crippen LogP contribution in [-0.2, 0) is 6.42 Å². The van der Waals surface area contributed by atoms with E-state index in [9.17, 15) is 0 Å². The van der Waals surface area contributed by atoms with Crippen molar-refractivity contribution in [1.29, 1.82) is 0 Å². The molecule has 0 aliphatic rings. The van der Waals surface area contributed by atoms with Gasteiger partial charge in [-0.3, -0.25) is 10.1 Å². The molecule has 3 aromatic rings. The third-order valence-electron chi connectivity index (χ3n) is 3.09. The van der Waals surface area contributed by atoms with Crippen LogP contribution in [0.25, 0.3) is 11.4 Å². The molecule has 1 unspecified atom stereocenters. The van der Waals surface area contributed by atoms with Crippen LogP contribution in [0.15, 0.2) is 54.9 Å². The van der Waals surface area contributed by atoms with Gasteiger partial charge in [-0.05, 0) is 24.1 Å². The molecular weight excluding hydrogens is 250 g/mol. The summed E-state index contributed by atoms with van der Waals surface area (Å²) >= 11 is 0. The minimum atomic E-state index is -0.194. The fourth-order valence-electron chi connectivity index (χ4n) is 2.03. The summed E-state index contributed by atoms with van der Waals surface area (Å²) in [5.74, 6) is 1.34. The Morgan fingerprint density at radius 1 is 1.05 bits per heavy atom. The molecule has 20 heavy (non-hydrogen) atoms. The van der Waals surface area contributed by atoms with E-state index in [-0.39, 0.29) is 6.04 Å². The molecule has 3 N–H and O–H groups in total. The third-order valence-corrected chi connectivity index (χ3v) is 3.09. The first-order valence-electron chi connectivity index (χ1n) is 6.45. The Balaban J connectivity index is 1.77. The van der Waals surface area contributed by atoms with E-state index in [0.29, 0.717) is 11.6 Å². The quantitative estimate of drug-likeness (QED) is 0.757. The summed E-state index contributed by atoms with van der Waals surface area (Å²) in [4.78, 5) is 8.44. The van der Waals surface area contributed by atoms with Crippen LogP contribution in [0, 0.1) is 0 Å². The highest BCUT2D eigenvalue weighted by Crippen LogP contribution is 2.17. The normalized spacial score (nSPS) is 12.2. The summed E-state index contributed by atoms with van der Waals surface area (Å²) in [6, 6.07) is 13.7. The summed E-state index contributed by atoms with van der Waals surface area (Å²) in [5, 5.41) is 7.12. The van der Waals surface area contributed by atoms with Gasteiger partial charge in [-0.2, -0.15) is 5.10 Å². The minimum Gasteiger partial charge on any atom is -0.321 e. The van der Waals surface area contributed by atoms with E-state index < -0.39 is 0 Å². The van der Waals surface area contributed by atoms with Gasteiger partial charge in [0.25, 0.3) is 0 Å². The molecule has 0 bridgehead atoms. The molecule has 5 heteroatoms. The number of H-pyrrole nitrogens is 1. The molecule has 0 spiro atoms. The van der Waals surface area contributed by atoms with E-state index in [0.717, 1.165) is 12.0 Å². The van der Waals surface area contributed by atoms with E-state index >= 15 is 0 Å². The molecule has 2 aromatic heterocycles. The average molecular weight is 265 g/mol. The number of aromatic amines is 1. The van der Waals surface area contributed by atoms with Crippen molar-refractivity contribution in [2.75, 3.05) is 0 Å². The van der Waals surface area contributed by atoms with Crippen LogP contribution in [-0.4, -0.2) is 20.2 Å². The van der Waals surface area contributed by atoms with Crippen LogP contribution in [0.1, 0.15) is 17.4 Å². The second kappa shape index (κ2) is 5.63. The zero-order chi connectivity index (χ0) is 13.8. The molecule has 2 heterocycles. The molecule has 1 aromatic carbocycles. The van der Waals surface area contributed by atoms with Gasteiger partial charge in [0.15, 0.2) is 5.82 Å². The van der Waals surface area contributed by atoms with Gasteiger partial charge in [0.05, 0.1) is 6.04 Å². The Hall–Kier alpha value is -2.53. The van der Waals surface area contributed by atoms with Crippen LogP contribution in [0.5, 0.6) is 0 Å². The van der Waals surface area contributed by atoms with Gasteiger partial charge in [0, 0.05) is 18.0 Å². The van der Waals surface area contributed by atoms with Gasteiger partial charge in [-0.15, -0.1) is 0 Å². The second-order valence-corrected chi connectivity index (χ2v) is 4.58. The van der Waals surface area contributed by atoms with E-state index in [2.05, 4.69) is 32.3 Å². The maximum atomic E-state index is 6.17. The lowest BCUT2D eigenvalue weighted by Gasteiger charge is -2.07. The lowest BCUT2D eigenvalue weighted by atomic mass is 10.1. The number of nitrogens with two attached hydrogens (primary N) is 1. The molecule has 0 aliphatic heterocycles. The van der Waals surface area contributed by atoms with Gasteiger partial charge >= 0.3 is 0 Å². The van der Waals surface area contributed by atoms with E-state index in [1.54, 1.807) is 12.4 Å². The van der Waals surface area contributed by atoms with Crippen molar-refractivity contribution in [2.45, 2.75) is 12.5 Å². The predicted octanol–water partition coefficient (Wildman–Crippen LogP) is 2.11. The van der Waals surface area contributed by atoms with Crippen LogP contribution in [0.3, 0.4) is 0 Å². The molecule has 0 aliphatic carbocycles. The van der Waals surface area contributed by atoms with Gasteiger partial charge in [-0.25, -0.2) is 4.98 Å². The summed E-state index contributed by atoms with van der Waals surface area (Å²) in [7, 11) is 0. The lowest BCUT2D eigenvalue weighted by molar-refractivity contribution is 0.671. The Kier molecular flexibility index (Phi) is 3.52. The summed E-state index contributed by atoms with van der Waals surface area (Å²) in [6.45, 7) is 0. The molecule has 0 saturated carbocycles. The van der Waals surface area contributed by atoms with Crippen molar-refractivity contribution < 1.29 is 0 Å². The predicted molar refractivity (Wildman–Crippen MR) is 76.7 cm³/mol. The van der Waals surface area contributed by atoms with Crippen LogP contribution in [0.2, 0.25) is 0 Å². The highest BCUT2D eigenvalue weighted by molar-refractivity contribution is 5.53. The zero-order valence-electron chi connectivity index (χ0n) is 10.9. The number of aromatic nitrogens is 4. The largest absolute Gasteiger partial charge is 0.321 e. The highest BCUT2D eigenvalue weighted by Gasteiger charge is 2.13. The van der Waals surface area contributed by atoms with Gasteiger partial charge in [0.1, 0.15) is 5.82 Å². The summed E-state index contributed by atoms with van der Waals surface area (Å²) < 4.78 is 0. The topological polar surface area (TPSA) is 80.5 Å². The summed E-state index contributed by atoms with van der Waals surface area (Å²) in [6.07, 6.45) is 4.16. The fraction of sp³-hybridized carbons (Fsp3) is 0.133. The number of pyridine rings is 1. The first-order valence-corrected chi connectivity index (χ1v) is 6.45. The first kappa shape index (κ1) is 12.5. The van der Waals surface area contributed by atoms with E-state index in [1.807, 2.05) is 30.3 Å². The SMILES string of the molecule is NC(Cc1ccccc1)c1nc(-c2ccncc2)n[nH]1. The maximum absolute atomic E-state index is 6.17. The van der Waals surface area contributed by atoms with Gasteiger partial charge < -0.3 is 5.73 Å². The molecule has 3 rings (SSSR count). The monoisotopic (exact) mass is 265 g/mol. The number of rotatable bonds is 4. The van der Waals surface area contributed by atoms with Crippen molar-refractivity contribution in [1.82, 2.24) is 20.2 Å². The number of hydrogen-bond acceptors (Lipinski definition) is 4. The Bertz CT molecular complexity index is 663. The van der Waals surface area contributed by atoms with Crippen molar-refractivity contribution in [3.8, 4) is 11.4 Å². The van der Waals surface area contributed by atoms with Crippen molar-refractivity contribution in [3.05, 3.63) is 66.2 Å². The molecule has 1 atom stereocenters. The maximum Gasteiger partial charge on any atom is 0.181 e. The highest BCUT2D eigenvalue weighted by atomic mass is 15.2. The van der Waals surface area contributed by atoms with Crippen LogP contribution < -0.4 is 5.73 Å². The molecular formula is C15H15N5. The standard InChI is InChI=1S/C15H15N5/c16-13(10-11-4-2-1-3-5-11)15-18-14(19-20-15)12-6-8-17-9-7-12/h1-9,13H,10,16H2,(H,18,19,20). The van der Waals surface area contributed by atoms with Gasteiger partial charge in [-0.1, -0.05) is 30.3 Å². The Morgan fingerprint density at radius 3 is 2.55 bits per heavy atom. The van der Waals surface area contributed by atoms with Crippen molar-refractivity contribution in [3.63, 3.8) is 0 Å². The molecule has 100 valence electrons. The molecule has 0 fully saturated rings. The lowest BCUT2D eigenvalue weighted by Crippen LogP contribution is -2.15. The average Bonchev–Trinajstić information content (AvgIpc) is 2.99. The smallest absolute Gasteiger partial charge is 0.181 e. The summed E-state index contributed by atoms with van der Waals surface area (Å²) in [5.41, 5.74) is 8.28. The number of nitrogens with zero attached hydrogens (tertiary/aromatic N) is 3. The first-order chi connectivity index (χ1) is 9.83. The van der Waals surface area contributed by atoms with E-state index in [4.69, 9.17) is 5.73 Å². The van der Waals surface area contributed by atoms with Crippen molar-refractivity contribution in [2.24, 2.45) is 5.73 Å². The zero-order valence-corrected chi connectivity index (χ0v) is 10.9. The molecule has 0 saturated heterocycles. The minimum absolute atomic E-state index is 0.194. The third kappa shape index (κ3) is 2.73. The van der Waals surface area contributed by atoms with Crippen molar-refractivity contribution >= 4 is 0 Å². The van der Waals surface area contributed by atoms with Gasteiger partial charge in [0.2, 0.25) is 0 Å². The van der Waals surface area contributed by atoms with E-state index in [1.165, 1.54) is 5.56 Å². The van der Waals surface area contributed by atoms with Crippen LogP contribution in [0.4, 0.5) is 0 Å². The fourth-order valence-corrected chi connectivity index (χ4v) is 2.03. The second-order valence-electron chi connectivity index (χ2n) is 4.58. The molecule has 5 nitrogen and oxygen atoms in total. The Morgan fingerprint density at radius 2 is 1.80 bits per heavy atom. The number of hydrogen-bond donors (Lipinski definition) is 2. The van der Waals surface area contributed by atoms with Crippen LogP contribution >= 0.6 is 0 Å². The number of benzene rings is 1. The molecule has 0 amide bonds. The number of nitrogens with one attached hydrogen (secondary N) is 1.